The van der Waals surface area contributed by atoms with Gasteiger partial charge in [-0.25, -0.2) is 9.07 Å². The van der Waals surface area contributed by atoms with Gasteiger partial charge in [-0.2, -0.15) is 5.10 Å². The molecular formula is C25H25FN4O2. The molecule has 32 heavy (non-hydrogen) atoms. The molecule has 3 aromatic rings. The fourth-order valence-corrected chi connectivity index (χ4v) is 3.72. The van der Waals surface area contributed by atoms with Crippen LogP contribution in [0.4, 0.5) is 4.39 Å². The Morgan fingerprint density at radius 1 is 0.969 bits per heavy atom. The van der Waals surface area contributed by atoms with Crippen LogP contribution < -0.4 is 0 Å². The van der Waals surface area contributed by atoms with Crippen LogP contribution >= 0.6 is 0 Å². The van der Waals surface area contributed by atoms with Crippen molar-refractivity contribution >= 4 is 17.9 Å². The van der Waals surface area contributed by atoms with E-state index in [1.807, 2.05) is 43.5 Å². The van der Waals surface area contributed by atoms with E-state index in [9.17, 15) is 14.0 Å². The van der Waals surface area contributed by atoms with Gasteiger partial charge < -0.3 is 9.80 Å². The highest BCUT2D eigenvalue weighted by molar-refractivity contribution is 5.93. The summed E-state index contributed by atoms with van der Waals surface area (Å²) in [6.45, 7) is 3.99. The number of nitrogens with zero attached hydrogens (tertiary/aromatic N) is 4. The average Bonchev–Trinajstić information content (AvgIpc) is 3.27. The maximum absolute atomic E-state index is 13.4. The number of benzene rings is 2. The second-order valence-corrected chi connectivity index (χ2v) is 7.61. The zero-order valence-electron chi connectivity index (χ0n) is 17.9. The van der Waals surface area contributed by atoms with E-state index in [2.05, 4.69) is 5.10 Å². The van der Waals surface area contributed by atoms with Crippen LogP contribution in [0.5, 0.6) is 0 Å². The summed E-state index contributed by atoms with van der Waals surface area (Å²) in [6, 6.07) is 15.8. The minimum Gasteiger partial charge on any atom is -0.339 e. The average molecular weight is 432 g/mol. The van der Waals surface area contributed by atoms with E-state index >= 15 is 0 Å². The van der Waals surface area contributed by atoms with Gasteiger partial charge in [0.15, 0.2) is 0 Å². The maximum atomic E-state index is 13.4. The van der Waals surface area contributed by atoms with Gasteiger partial charge >= 0.3 is 0 Å². The third kappa shape index (κ3) is 4.77. The van der Waals surface area contributed by atoms with Crippen molar-refractivity contribution in [2.24, 2.45) is 0 Å². The Labute approximate surface area is 186 Å². The van der Waals surface area contributed by atoms with Crippen LogP contribution in [0.3, 0.4) is 0 Å². The molecular weight excluding hydrogens is 407 g/mol. The molecule has 6 nitrogen and oxygen atoms in total. The third-order valence-electron chi connectivity index (χ3n) is 5.53. The SMILES string of the molecule is CCC(=O)N1CCN(C(=O)/C=C/c2cn(-c3ccccc3)nc2-c2ccc(F)cc2)CC1. The summed E-state index contributed by atoms with van der Waals surface area (Å²) in [6.07, 6.45) is 5.62. The smallest absolute Gasteiger partial charge is 0.246 e. The molecule has 0 atom stereocenters. The summed E-state index contributed by atoms with van der Waals surface area (Å²) in [5.74, 6) is -0.305. The molecule has 1 aromatic heterocycles. The lowest BCUT2D eigenvalue weighted by Gasteiger charge is -2.34. The summed E-state index contributed by atoms with van der Waals surface area (Å²) in [5, 5.41) is 4.68. The number of rotatable bonds is 5. The molecule has 0 unspecified atom stereocenters. The van der Waals surface area contributed by atoms with Crippen LogP contribution in [-0.2, 0) is 9.59 Å². The first-order chi connectivity index (χ1) is 15.5. The largest absolute Gasteiger partial charge is 0.339 e. The number of amides is 2. The van der Waals surface area contributed by atoms with Crippen LogP contribution in [0.1, 0.15) is 18.9 Å². The van der Waals surface area contributed by atoms with Crippen molar-refractivity contribution in [1.29, 1.82) is 0 Å². The first-order valence-electron chi connectivity index (χ1n) is 10.7. The monoisotopic (exact) mass is 432 g/mol. The van der Waals surface area contributed by atoms with Gasteiger partial charge in [0, 0.05) is 56.0 Å². The Bertz CT molecular complexity index is 1110. The molecule has 0 radical (unpaired) electrons. The minimum absolute atomic E-state index is 0.105. The number of hydrogen-bond donors (Lipinski definition) is 0. The van der Waals surface area contributed by atoms with Gasteiger partial charge in [-0.05, 0) is 42.5 Å². The third-order valence-corrected chi connectivity index (χ3v) is 5.53. The molecule has 0 aliphatic carbocycles. The summed E-state index contributed by atoms with van der Waals surface area (Å²) in [5.41, 5.74) is 3.07. The first kappa shape index (κ1) is 21.5. The molecule has 0 bridgehead atoms. The molecule has 1 saturated heterocycles. The number of piperazine rings is 1. The summed E-state index contributed by atoms with van der Waals surface area (Å²) >= 11 is 0. The lowest BCUT2D eigenvalue weighted by Crippen LogP contribution is -2.50. The first-order valence-corrected chi connectivity index (χ1v) is 10.7. The van der Waals surface area contributed by atoms with Gasteiger partial charge in [0.1, 0.15) is 5.82 Å². The normalized spacial score (nSPS) is 14.2. The fraction of sp³-hybridized carbons (Fsp3) is 0.240. The van der Waals surface area contributed by atoms with E-state index in [4.69, 9.17) is 0 Å². The van der Waals surface area contributed by atoms with Crippen LogP contribution in [0.2, 0.25) is 0 Å². The predicted molar refractivity (Wildman–Crippen MR) is 121 cm³/mol. The Balaban J connectivity index is 1.56. The highest BCUT2D eigenvalue weighted by Crippen LogP contribution is 2.25. The number of hydrogen-bond acceptors (Lipinski definition) is 3. The number of para-hydroxylation sites is 1. The lowest BCUT2D eigenvalue weighted by atomic mass is 10.1. The van der Waals surface area contributed by atoms with E-state index in [-0.39, 0.29) is 17.6 Å². The zero-order valence-corrected chi connectivity index (χ0v) is 17.9. The molecule has 7 heteroatoms. The van der Waals surface area contributed by atoms with Gasteiger partial charge in [-0.15, -0.1) is 0 Å². The van der Waals surface area contributed by atoms with Gasteiger partial charge in [0.05, 0.1) is 11.4 Å². The van der Waals surface area contributed by atoms with Gasteiger partial charge in [0.2, 0.25) is 11.8 Å². The van der Waals surface area contributed by atoms with E-state index in [1.165, 1.54) is 18.2 Å². The van der Waals surface area contributed by atoms with Crippen molar-refractivity contribution in [2.45, 2.75) is 13.3 Å². The molecule has 0 N–H and O–H groups in total. The maximum Gasteiger partial charge on any atom is 0.246 e. The highest BCUT2D eigenvalue weighted by Gasteiger charge is 2.22. The van der Waals surface area contributed by atoms with Gasteiger partial charge in [0.25, 0.3) is 0 Å². The zero-order chi connectivity index (χ0) is 22.5. The van der Waals surface area contributed by atoms with Crippen molar-refractivity contribution in [2.75, 3.05) is 26.2 Å². The Morgan fingerprint density at radius 3 is 2.28 bits per heavy atom. The van der Waals surface area contributed by atoms with Crippen LogP contribution in [0.25, 0.3) is 23.0 Å². The highest BCUT2D eigenvalue weighted by atomic mass is 19.1. The molecule has 2 amide bonds. The molecule has 1 aliphatic heterocycles. The number of carbonyl (C=O) groups is 2. The molecule has 1 aliphatic rings. The molecule has 4 rings (SSSR count). The number of carbonyl (C=O) groups excluding carboxylic acids is 2. The Kier molecular flexibility index (Phi) is 6.44. The molecule has 1 fully saturated rings. The van der Waals surface area contributed by atoms with Crippen molar-refractivity contribution in [3.63, 3.8) is 0 Å². The Morgan fingerprint density at radius 2 is 1.62 bits per heavy atom. The van der Waals surface area contributed by atoms with E-state index in [0.717, 1.165) is 16.8 Å². The van der Waals surface area contributed by atoms with Crippen LogP contribution in [0.15, 0.2) is 66.9 Å². The van der Waals surface area contributed by atoms with Crippen molar-refractivity contribution in [3.05, 3.63) is 78.3 Å². The van der Waals surface area contributed by atoms with E-state index in [1.54, 1.807) is 32.7 Å². The van der Waals surface area contributed by atoms with Crippen molar-refractivity contribution in [3.8, 4) is 16.9 Å². The fourth-order valence-electron chi connectivity index (χ4n) is 3.72. The molecule has 2 aromatic carbocycles. The number of halogens is 1. The topological polar surface area (TPSA) is 58.4 Å². The summed E-state index contributed by atoms with van der Waals surface area (Å²) in [7, 11) is 0. The molecule has 0 spiro atoms. The molecule has 2 heterocycles. The Hall–Kier alpha value is -3.74. The van der Waals surface area contributed by atoms with Gasteiger partial charge in [-0.3, -0.25) is 9.59 Å². The predicted octanol–water partition coefficient (Wildman–Crippen LogP) is 3.77. The van der Waals surface area contributed by atoms with E-state index < -0.39 is 0 Å². The quantitative estimate of drug-likeness (QED) is 0.577. The molecule has 164 valence electrons. The van der Waals surface area contributed by atoms with Crippen molar-refractivity contribution < 1.29 is 14.0 Å². The molecule has 0 saturated carbocycles. The standard InChI is InChI=1S/C25H25FN4O2/c1-2-23(31)28-14-16-29(17-15-28)24(32)13-10-20-18-30(22-6-4-3-5-7-22)27-25(20)19-8-11-21(26)12-9-19/h3-13,18H,2,14-17H2,1H3/b13-10+. The van der Waals surface area contributed by atoms with Crippen LogP contribution in [0, 0.1) is 5.82 Å². The minimum atomic E-state index is -0.316. The van der Waals surface area contributed by atoms with Crippen LogP contribution in [-0.4, -0.2) is 57.6 Å². The second kappa shape index (κ2) is 9.60. The summed E-state index contributed by atoms with van der Waals surface area (Å²) in [4.78, 5) is 28.1. The summed E-state index contributed by atoms with van der Waals surface area (Å²) < 4.78 is 15.2. The number of aromatic nitrogens is 2. The lowest BCUT2D eigenvalue weighted by molar-refractivity contribution is -0.136. The second-order valence-electron chi connectivity index (χ2n) is 7.61. The van der Waals surface area contributed by atoms with Gasteiger partial charge in [-0.1, -0.05) is 25.1 Å². The van der Waals surface area contributed by atoms with Crippen molar-refractivity contribution in [1.82, 2.24) is 19.6 Å². The van der Waals surface area contributed by atoms with E-state index in [0.29, 0.717) is 38.3 Å².